The molecule has 3 heteroatoms. The van der Waals surface area contributed by atoms with Gasteiger partial charge in [-0.15, -0.1) is 0 Å². The van der Waals surface area contributed by atoms with Crippen molar-refractivity contribution in [1.29, 1.82) is 0 Å². The predicted octanol–water partition coefficient (Wildman–Crippen LogP) is -0.292. The van der Waals surface area contributed by atoms with Crippen LogP contribution in [0.1, 0.15) is 12.8 Å². The summed E-state index contributed by atoms with van der Waals surface area (Å²) < 4.78 is 0. The summed E-state index contributed by atoms with van der Waals surface area (Å²) in [7, 11) is 6.03. The van der Waals surface area contributed by atoms with Gasteiger partial charge >= 0.3 is 0 Å². The van der Waals surface area contributed by atoms with Crippen LogP contribution in [0.5, 0.6) is 0 Å². The Bertz CT molecular complexity index is 104. The van der Waals surface area contributed by atoms with Crippen molar-refractivity contribution >= 4 is 0 Å². The molecule has 65 valence electrons. The van der Waals surface area contributed by atoms with E-state index >= 15 is 0 Å². The molecule has 1 fully saturated rings. The van der Waals surface area contributed by atoms with Crippen LogP contribution in [0.25, 0.3) is 0 Å². The molecule has 0 heterocycles. The third-order valence-corrected chi connectivity index (χ3v) is 2.51. The van der Waals surface area contributed by atoms with E-state index in [9.17, 15) is 0 Å². The summed E-state index contributed by atoms with van der Waals surface area (Å²) >= 11 is 0. The summed E-state index contributed by atoms with van der Waals surface area (Å²) in [5.74, 6) is 0. The summed E-state index contributed by atoms with van der Waals surface area (Å²) in [6, 6.07) is 2.53. The summed E-state index contributed by atoms with van der Waals surface area (Å²) in [6.07, 6.45) is 2.42. The van der Waals surface area contributed by atoms with Crippen molar-refractivity contribution < 1.29 is 0 Å². The second-order valence-corrected chi connectivity index (χ2v) is 2.98. The van der Waals surface area contributed by atoms with Crippen LogP contribution in [0.3, 0.4) is 0 Å². The zero-order chi connectivity index (χ0) is 8.27. The number of nitrogens with one attached hydrogen (secondary N) is 3. The molecule has 0 aromatic heterocycles. The van der Waals surface area contributed by atoms with Gasteiger partial charge in [0, 0.05) is 12.1 Å². The van der Waals surface area contributed by atoms with Crippen molar-refractivity contribution in [2.75, 3.05) is 21.1 Å². The fraction of sp³-hybridized carbons (Fsp3) is 0.875. The molecule has 1 radical (unpaired) electrons. The fourth-order valence-corrected chi connectivity index (χ4v) is 1.84. The Kier molecular flexibility index (Phi) is 3.30. The average Bonchev–Trinajstić information content (AvgIpc) is 2.45. The summed E-state index contributed by atoms with van der Waals surface area (Å²) in [4.78, 5) is 0. The number of rotatable bonds is 3. The zero-order valence-electron chi connectivity index (χ0n) is 7.57. The Hall–Kier alpha value is -0.120. The smallest absolute Gasteiger partial charge is 0.0548 e. The Morgan fingerprint density at radius 1 is 1.18 bits per heavy atom. The van der Waals surface area contributed by atoms with Crippen LogP contribution >= 0.6 is 0 Å². The first kappa shape index (κ1) is 8.97. The van der Waals surface area contributed by atoms with E-state index in [2.05, 4.69) is 16.0 Å². The lowest BCUT2D eigenvalue weighted by molar-refractivity contribution is 0.458. The molecule has 11 heavy (non-hydrogen) atoms. The van der Waals surface area contributed by atoms with E-state index in [1.807, 2.05) is 21.1 Å². The highest BCUT2D eigenvalue weighted by Crippen LogP contribution is 2.24. The maximum absolute atomic E-state index is 3.31. The summed E-state index contributed by atoms with van der Waals surface area (Å²) in [5, 5.41) is 9.85. The van der Waals surface area contributed by atoms with Crippen molar-refractivity contribution in [2.24, 2.45) is 0 Å². The van der Waals surface area contributed by atoms with Gasteiger partial charge in [-0.05, 0) is 34.0 Å². The van der Waals surface area contributed by atoms with Crippen LogP contribution in [0.4, 0.5) is 0 Å². The average molecular weight is 156 g/mol. The minimum Gasteiger partial charge on any atom is -0.315 e. The van der Waals surface area contributed by atoms with Gasteiger partial charge in [0.15, 0.2) is 0 Å². The van der Waals surface area contributed by atoms with E-state index in [1.54, 1.807) is 0 Å². The summed E-state index contributed by atoms with van der Waals surface area (Å²) in [5.41, 5.74) is 0. The fourth-order valence-electron chi connectivity index (χ4n) is 1.84. The molecule has 0 aromatic rings. The molecule has 2 atom stereocenters. The van der Waals surface area contributed by atoms with Crippen molar-refractivity contribution in [1.82, 2.24) is 16.0 Å². The molecule has 2 unspecified atom stereocenters. The molecule has 1 rings (SSSR count). The maximum Gasteiger partial charge on any atom is 0.0548 e. The second-order valence-electron chi connectivity index (χ2n) is 2.98. The van der Waals surface area contributed by atoms with Gasteiger partial charge in [-0.2, -0.15) is 0 Å². The molecule has 1 aliphatic rings. The molecular weight excluding hydrogens is 138 g/mol. The highest BCUT2D eigenvalue weighted by molar-refractivity contribution is 5.09. The van der Waals surface area contributed by atoms with E-state index in [-0.39, 0.29) is 0 Å². The van der Waals surface area contributed by atoms with E-state index in [0.29, 0.717) is 12.1 Å². The van der Waals surface area contributed by atoms with Gasteiger partial charge < -0.3 is 16.0 Å². The molecule has 0 saturated heterocycles. The lowest BCUT2D eigenvalue weighted by atomic mass is 10.1. The molecule has 0 aliphatic heterocycles. The van der Waals surface area contributed by atoms with Crippen molar-refractivity contribution in [3.8, 4) is 0 Å². The number of likely N-dealkylation sites (N-methyl/N-ethyl adjacent to an activating group) is 3. The monoisotopic (exact) mass is 156 g/mol. The lowest BCUT2D eigenvalue weighted by Crippen LogP contribution is -2.46. The van der Waals surface area contributed by atoms with Gasteiger partial charge in [-0.1, -0.05) is 0 Å². The topological polar surface area (TPSA) is 36.1 Å². The minimum absolute atomic E-state index is 0.505. The first-order valence-electron chi connectivity index (χ1n) is 4.21. The largest absolute Gasteiger partial charge is 0.315 e. The highest BCUT2D eigenvalue weighted by atomic mass is 15.1. The van der Waals surface area contributed by atoms with Crippen LogP contribution in [0.15, 0.2) is 0 Å². The van der Waals surface area contributed by atoms with Gasteiger partial charge in [-0.25, -0.2) is 0 Å². The van der Waals surface area contributed by atoms with Gasteiger partial charge in [-0.3, -0.25) is 0 Å². The number of hydrogen-bond donors (Lipinski definition) is 3. The van der Waals surface area contributed by atoms with Crippen LogP contribution in [-0.4, -0.2) is 33.2 Å². The van der Waals surface area contributed by atoms with E-state index in [4.69, 9.17) is 0 Å². The second kappa shape index (κ2) is 4.04. The first-order valence-corrected chi connectivity index (χ1v) is 4.21. The standard InChI is InChI=1S/C8H18N3/c1-9-6-4-5-7(10-2)8(6)11-3/h6,8-11H,4-5H2,1-3H3. The van der Waals surface area contributed by atoms with Gasteiger partial charge in [0.2, 0.25) is 0 Å². The molecule has 1 saturated carbocycles. The molecule has 3 nitrogen and oxygen atoms in total. The maximum atomic E-state index is 3.31. The molecule has 3 N–H and O–H groups in total. The van der Waals surface area contributed by atoms with Gasteiger partial charge in [0.25, 0.3) is 0 Å². The van der Waals surface area contributed by atoms with Gasteiger partial charge in [0.05, 0.1) is 6.04 Å². The summed E-state index contributed by atoms with van der Waals surface area (Å²) in [6.45, 7) is 0. The zero-order valence-corrected chi connectivity index (χ0v) is 7.57. The van der Waals surface area contributed by atoms with E-state index in [0.717, 1.165) is 0 Å². The Balaban J connectivity index is 2.48. The van der Waals surface area contributed by atoms with Gasteiger partial charge in [0.1, 0.15) is 0 Å². The molecule has 0 spiro atoms. The SMILES string of the molecule is CN[C]1CCC(NC)C1NC. The van der Waals surface area contributed by atoms with E-state index in [1.165, 1.54) is 18.9 Å². The van der Waals surface area contributed by atoms with Crippen LogP contribution in [0, 0.1) is 6.04 Å². The van der Waals surface area contributed by atoms with Crippen LogP contribution in [0.2, 0.25) is 0 Å². The molecule has 1 aliphatic carbocycles. The van der Waals surface area contributed by atoms with Crippen molar-refractivity contribution in [2.45, 2.75) is 24.9 Å². The van der Waals surface area contributed by atoms with Crippen molar-refractivity contribution in [3.63, 3.8) is 0 Å². The molecule has 0 amide bonds. The number of hydrogen-bond acceptors (Lipinski definition) is 3. The molecular formula is C8H18N3. The quantitative estimate of drug-likeness (QED) is 0.525. The molecule has 0 aromatic carbocycles. The predicted molar refractivity (Wildman–Crippen MR) is 47.2 cm³/mol. The molecule has 0 bridgehead atoms. The first-order chi connectivity index (χ1) is 5.33. The van der Waals surface area contributed by atoms with Crippen LogP contribution < -0.4 is 16.0 Å². The van der Waals surface area contributed by atoms with Crippen molar-refractivity contribution in [3.05, 3.63) is 6.04 Å². The highest BCUT2D eigenvalue weighted by Gasteiger charge is 2.33. The third-order valence-electron chi connectivity index (χ3n) is 2.51. The Morgan fingerprint density at radius 3 is 2.36 bits per heavy atom. The normalized spacial score (nSPS) is 33.0. The van der Waals surface area contributed by atoms with E-state index < -0.39 is 0 Å². The Morgan fingerprint density at radius 2 is 1.91 bits per heavy atom. The third kappa shape index (κ3) is 1.72. The lowest BCUT2D eigenvalue weighted by Gasteiger charge is -2.22. The Labute approximate surface area is 68.9 Å². The minimum atomic E-state index is 0.505. The van der Waals surface area contributed by atoms with Crippen LogP contribution in [-0.2, 0) is 0 Å².